The van der Waals surface area contributed by atoms with Crippen LogP contribution in [-0.2, 0) is 16.1 Å². The number of ether oxygens (including phenoxy) is 1. The molecule has 0 aliphatic carbocycles. The van der Waals surface area contributed by atoms with Gasteiger partial charge in [-0.1, -0.05) is 60.7 Å². The van der Waals surface area contributed by atoms with Crippen molar-refractivity contribution in [3.05, 3.63) is 78.0 Å². The van der Waals surface area contributed by atoms with E-state index < -0.39 is 12.1 Å². The predicted molar refractivity (Wildman–Crippen MR) is 106 cm³/mol. The van der Waals surface area contributed by atoms with E-state index >= 15 is 0 Å². The van der Waals surface area contributed by atoms with Gasteiger partial charge in [0.25, 0.3) is 5.91 Å². The van der Waals surface area contributed by atoms with Gasteiger partial charge in [-0.05, 0) is 5.56 Å². The Kier molecular flexibility index (Phi) is 5.39. The second-order valence-corrected chi connectivity index (χ2v) is 6.89. The Morgan fingerprint density at radius 1 is 1.07 bits per heavy atom. The topological polar surface area (TPSA) is 84.7 Å². The fraction of sp³-hybridized carbons (Fsp3) is 0.227. The van der Waals surface area contributed by atoms with Gasteiger partial charge in [-0.3, -0.25) is 9.48 Å². The van der Waals surface area contributed by atoms with Crippen molar-refractivity contribution in [3.63, 3.8) is 0 Å². The molecule has 2 heterocycles. The molecular formula is C22H21N3O4. The molecule has 2 aromatic carbocycles. The number of nitrogens with zero attached hydrogens (tertiary/aromatic N) is 3. The van der Waals surface area contributed by atoms with Gasteiger partial charge in [0.2, 0.25) is 0 Å². The summed E-state index contributed by atoms with van der Waals surface area (Å²) in [5.41, 5.74) is 2.96. The number of carbonyl (C=O) groups excluding carboxylic acids is 1. The fourth-order valence-corrected chi connectivity index (χ4v) is 3.39. The first-order valence-electron chi connectivity index (χ1n) is 9.42. The van der Waals surface area contributed by atoms with Crippen molar-refractivity contribution in [2.24, 2.45) is 0 Å². The summed E-state index contributed by atoms with van der Waals surface area (Å²) in [6.07, 6.45) is 0.732. The maximum atomic E-state index is 13.3. The number of amides is 1. The zero-order valence-corrected chi connectivity index (χ0v) is 15.8. The van der Waals surface area contributed by atoms with E-state index in [4.69, 9.17) is 4.74 Å². The minimum absolute atomic E-state index is 0.0201. The van der Waals surface area contributed by atoms with Crippen molar-refractivity contribution in [1.29, 1.82) is 0 Å². The zero-order valence-electron chi connectivity index (χ0n) is 15.8. The summed E-state index contributed by atoms with van der Waals surface area (Å²) in [6, 6.07) is 19.4. The molecule has 1 amide bonds. The summed E-state index contributed by atoms with van der Waals surface area (Å²) in [4.78, 5) is 26.1. The van der Waals surface area contributed by atoms with E-state index in [0.717, 1.165) is 11.1 Å². The van der Waals surface area contributed by atoms with Crippen molar-refractivity contribution in [3.8, 4) is 11.3 Å². The van der Waals surface area contributed by atoms with Gasteiger partial charge in [0, 0.05) is 18.3 Å². The molecule has 0 unspecified atom stereocenters. The number of carbonyl (C=O) groups is 2. The van der Waals surface area contributed by atoms with Gasteiger partial charge >= 0.3 is 5.97 Å². The van der Waals surface area contributed by atoms with Gasteiger partial charge in [-0.15, -0.1) is 0 Å². The van der Waals surface area contributed by atoms with E-state index in [1.807, 2.05) is 60.7 Å². The zero-order chi connectivity index (χ0) is 20.2. The first-order chi connectivity index (χ1) is 14.1. The summed E-state index contributed by atoms with van der Waals surface area (Å²) in [6.45, 7) is 1.10. The van der Waals surface area contributed by atoms with Crippen LogP contribution in [0.2, 0.25) is 0 Å². The molecule has 3 aromatic rings. The molecule has 148 valence electrons. The van der Waals surface area contributed by atoms with Crippen LogP contribution in [0.25, 0.3) is 11.3 Å². The molecule has 7 heteroatoms. The van der Waals surface area contributed by atoms with Crippen molar-refractivity contribution < 1.29 is 19.4 Å². The third kappa shape index (κ3) is 4.20. The van der Waals surface area contributed by atoms with Gasteiger partial charge in [0.15, 0.2) is 6.10 Å². The number of hydrogen-bond acceptors (Lipinski definition) is 4. The molecule has 1 saturated heterocycles. The van der Waals surface area contributed by atoms with Crippen LogP contribution >= 0.6 is 0 Å². The second kappa shape index (κ2) is 8.28. The third-order valence-electron chi connectivity index (χ3n) is 4.86. The molecule has 4 rings (SSSR count). The van der Waals surface area contributed by atoms with Crippen molar-refractivity contribution in [1.82, 2.24) is 14.7 Å². The average Bonchev–Trinajstić information content (AvgIpc) is 3.18. The number of aliphatic carboxylic acids is 1. The normalized spacial score (nSPS) is 16.6. The standard InChI is InChI=1S/C22H21N3O4/c26-21(24-11-12-29-19(15-24)22(27)28)18-14-25(13-16-7-3-1-4-8-16)23-20(18)17-9-5-2-6-10-17/h1-10,14,19H,11-13,15H2,(H,27,28)/t19-/m0/s1. The average molecular weight is 391 g/mol. The SMILES string of the molecule is O=C(O)[C@@H]1CN(C(=O)c2cn(Cc3ccccc3)nc2-c2ccccc2)CCO1. The van der Waals surface area contributed by atoms with Crippen LogP contribution in [0, 0.1) is 0 Å². The van der Waals surface area contributed by atoms with Crippen LogP contribution < -0.4 is 0 Å². The third-order valence-corrected chi connectivity index (χ3v) is 4.86. The highest BCUT2D eigenvalue weighted by Gasteiger charge is 2.31. The number of rotatable bonds is 5. The predicted octanol–water partition coefficient (Wildman–Crippen LogP) is 2.52. The Morgan fingerprint density at radius 2 is 1.76 bits per heavy atom. The molecule has 1 aliphatic heterocycles. The number of aromatic nitrogens is 2. The highest BCUT2D eigenvalue weighted by molar-refractivity contribution is 6.00. The molecule has 0 saturated carbocycles. The monoisotopic (exact) mass is 391 g/mol. The van der Waals surface area contributed by atoms with Crippen LogP contribution in [0.4, 0.5) is 0 Å². The minimum atomic E-state index is -1.06. The smallest absolute Gasteiger partial charge is 0.334 e. The lowest BCUT2D eigenvalue weighted by molar-refractivity contribution is -0.154. The molecule has 0 bridgehead atoms. The van der Waals surface area contributed by atoms with Gasteiger partial charge in [0.1, 0.15) is 5.69 Å². The second-order valence-electron chi connectivity index (χ2n) is 6.89. The Balaban J connectivity index is 1.67. The number of hydrogen-bond donors (Lipinski definition) is 1. The Bertz CT molecular complexity index is 1000. The molecule has 1 N–H and O–H groups in total. The summed E-state index contributed by atoms with van der Waals surface area (Å²) in [5.74, 6) is -1.30. The van der Waals surface area contributed by atoms with E-state index in [1.54, 1.807) is 10.9 Å². The molecule has 7 nitrogen and oxygen atoms in total. The van der Waals surface area contributed by atoms with E-state index in [0.29, 0.717) is 24.3 Å². The van der Waals surface area contributed by atoms with E-state index in [-0.39, 0.29) is 19.1 Å². The maximum absolute atomic E-state index is 13.3. The van der Waals surface area contributed by atoms with Crippen LogP contribution in [0.5, 0.6) is 0 Å². The maximum Gasteiger partial charge on any atom is 0.334 e. The Labute approximate surface area is 168 Å². The largest absolute Gasteiger partial charge is 0.479 e. The summed E-state index contributed by atoms with van der Waals surface area (Å²) in [5, 5.41) is 13.9. The molecule has 0 spiro atoms. The van der Waals surface area contributed by atoms with E-state index in [1.165, 1.54) is 4.90 Å². The molecule has 1 aromatic heterocycles. The fourth-order valence-electron chi connectivity index (χ4n) is 3.39. The highest BCUT2D eigenvalue weighted by Crippen LogP contribution is 2.24. The van der Waals surface area contributed by atoms with E-state index in [2.05, 4.69) is 5.10 Å². The van der Waals surface area contributed by atoms with Crippen LogP contribution in [0.3, 0.4) is 0 Å². The van der Waals surface area contributed by atoms with Gasteiger partial charge in [0.05, 0.1) is 25.3 Å². The van der Waals surface area contributed by atoms with Gasteiger partial charge in [-0.2, -0.15) is 5.10 Å². The molecule has 1 fully saturated rings. The first kappa shape index (κ1) is 18.9. The molecule has 29 heavy (non-hydrogen) atoms. The van der Waals surface area contributed by atoms with Crippen molar-refractivity contribution in [2.75, 3.05) is 19.7 Å². The summed E-state index contributed by atoms with van der Waals surface area (Å²) >= 11 is 0. The van der Waals surface area contributed by atoms with E-state index in [9.17, 15) is 14.7 Å². The number of carboxylic acid groups (broad SMARTS) is 1. The van der Waals surface area contributed by atoms with Crippen LogP contribution in [-0.4, -0.2) is 57.5 Å². The number of morpholine rings is 1. The Morgan fingerprint density at radius 3 is 2.45 bits per heavy atom. The lowest BCUT2D eigenvalue weighted by Crippen LogP contribution is -2.48. The van der Waals surface area contributed by atoms with Crippen molar-refractivity contribution >= 4 is 11.9 Å². The first-order valence-corrected chi connectivity index (χ1v) is 9.42. The molecule has 0 radical (unpaired) electrons. The molecule has 1 atom stereocenters. The highest BCUT2D eigenvalue weighted by atomic mass is 16.5. The lowest BCUT2D eigenvalue weighted by atomic mass is 10.1. The molecule has 1 aliphatic rings. The quantitative estimate of drug-likeness (QED) is 0.722. The lowest BCUT2D eigenvalue weighted by Gasteiger charge is -2.30. The number of benzene rings is 2. The minimum Gasteiger partial charge on any atom is -0.479 e. The summed E-state index contributed by atoms with van der Waals surface area (Å²) < 4.78 is 6.99. The summed E-state index contributed by atoms with van der Waals surface area (Å²) in [7, 11) is 0. The van der Waals surface area contributed by atoms with Gasteiger partial charge in [-0.25, -0.2) is 4.79 Å². The van der Waals surface area contributed by atoms with Crippen LogP contribution in [0.1, 0.15) is 15.9 Å². The Hall–Kier alpha value is -3.45. The van der Waals surface area contributed by atoms with Gasteiger partial charge < -0.3 is 14.7 Å². The molecular weight excluding hydrogens is 370 g/mol. The number of carboxylic acids is 1. The van der Waals surface area contributed by atoms with Crippen LogP contribution in [0.15, 0.2) is 66.9 Å². The van der Waals surface area contributed by atoms with Crippen molar-refractivity contribution in [2.45, 2.75) is 12.6 Å².